The van der Waals surface area contributed by atoms with Crippen LogP contribution in [0.3, 0.4) is 0 Å². The Bertz CT molecular complexity index is 1270. The lowest BCUT2D eigenvalue weighted by atomic mass is 9.93. The lowest BCUT2D eigenvalue weighted by Crippen LogP contribution is -2.43. The van der Waals surface area contributed by atoms with Crippen LogP contribution in [0.25, 0.3) is 11.3 Å². The molecule has 1 fully saturated rings. The molecule has 0 bridgehead atoms. The number of likely N-dealkylation sites (tertiary alicyclic amines) is 1. The molecule has 3 aromatic rings. The van der Waals surface area contributed by atoms with Crippen molar-refractivity contribution in [2.24, 2.45) is 0 Å². The van der Waals surface area contributed by atoms with Crippen LogP contribution in [0, 0.1) is 11.6 Å². The van der Waals surface area contributed by atoms with Crippen molar-refractivity contribution in [3.8, 4) is 17.0 Å². The topological polar surface area (TPSA) is 71.5 Å². The maximum Gasteiger partial charge on any atom is 0.265 e. The number of rotatable bonds is 5. The number of hydrogen-bond acceptors (Lipinski definition) is 6. The third kappa shape index (κ3) is 4.80. The van der Waals surface area contributed by atoms with Gasteiger partial charge >= 0.3 is 0 Å². The van der Waals surface area contributed by atoms with Gasteiger partial charge in [-0.3, -0.25) is 9.78 Å². The van der Waals surface area contributed by atoms with Crippen molar-refractivity contribution in [3.05, 3.63) is 65.4 Å². The molecule has 0 spiro atoms. The van der Waals surface area contributed by atoms with E-state index in [2.05, 4.69) is 26.9 Å². The van der Waals surface area contributed by atoms with E-state index in [4.69, 9.17) is 4.74 Å². The Hall–Kier alpha value is -3.46. The van der Waals surface area contributed by atoms with Crippen molar-refractivity contribution in [2.75, 3.05) is 31.6 Å². The van der Waals surface area contributed by atoms with Gasteiger partial charge in [-0.2, -0.15) is 0 Å². The summed E-state index contributed by atoms with van der Waals surface area (Å²) in [7, 11) is 2.13. The van der Waals surface area contributed by atoms with Crippen molar-refractivity contribution in [3.63, 3.8) is 0 Å². The lowest BCUT2D eigenvalue weighted by molar-refractivity contribution is -0.121. The molecule has 0 radical (unpaired) electrons. The zero-order valence-electron chi connectivity index (χ0n) is 20.7. The molecule has 2 aromatic heterocycles. The van der Waals surface area contributed by atoms with E-state index in [1.165, 1.54) is 11.0 Å². The molecule has 36 heavy (non-hydrogen) atoms. The normalized spacial score (nSPS) is 16.8. The van der Waals surface area contributed by atoms with Crippen LogP contribution >= 0.6 is 0 Å². The number of benzene rings is 1. The molecule has 2 aliphatic rings. The van der Waals surface area contributed by atoms with Gasteiger partial charge < -0.3 is 14.5 Å². The standard InChI is InChI=1S/C27H29F2N5O2/c1-16(2)34-23-12-19(11-20(28)27(23)36-15-25(34)35)26-21(29)14-31-24(32-26)10-17-4-5-22(30-13-17)18-6-8-33(3)9-7-18/h4-5,11-14,16,18H,6-10,15H2,1-3H3. The van der Waals surface area contributed by atoms with Crippen LogP contribution in [-0.4, -0.2) is 58.5 Å². The number of carbonyl (C=O) groups is 1. The molecule has 5 rings (SSSR count). The SMILES string of the molecule is CC(C)N1C(=O)COc2c(F)cc(-c3nc(Cc4ccc(C5CCN(C)CC5)nc4)ncc3F)cc21. The highest BCUT2D eigenvalue weighted by molar-refractivity contribution is 5.99. The summed E-state index contributed by atoms with van der Waals surface area (Å²) >= 11 is 0. The number of nitrogens with zero attached hydrogens (tertiary/aromatic N) is 5. The summed E-state index contributed by atoms with van der Waals surface area (Å²) < 4.78 is 35.1. The lowest BCUT2D eigenvalue weighted by Gasteiger charge is -2.33. The summed E-state index contributed by atoms with van der Waals surface area (Å²) in [6.45, 7) is 5.55. The van der Waals surface area contributed by atoms with Crippen LogP contribution in [0.4, 0.5) is 14.5 Å². The highest BCUT2D eigenvalue weighted by Gasteiger charge is 2.31. The second-order valence-electron chi connectivity index (χ2n) is 9.78. The molecule has 0 unspecified atom stereocenters. The van der Waals surface area contributed by atoms with Crippen LogP contribution in [0.5, 0.6) is 5.75 Å². The fourth-order valence-electron chi connectivity index (χ4n) is 4.90. The molecular formula is C27H29F2N5O2. The molecule has 0 N–H and O–H groups in total. The number of halogens is 2. The number of carbonyl (C=O) groups excluding carboxylic acids is 1. The summed E-state index contributed by atoms with van der Waals surface area (Å²) in [5, 5.41) is 0. The number of anilines is 1. The molecular weight excluding hydrogens is 464 g/mol. The molecule has 0 atom stereocenters. The van der Waals surface area contributed by atoms with E-state index in [9.17, 15) is 13.6 Å². The second-order valence-corrected chi connectivity index (χ2v) is 9.78. The van der Waals surface area contributed by atoms with Crippen molar-refractivity contribution in [1.29, 1.82) is 0 Å². The van der Waals surface area contributed by atoms with Crippen LogP contribution in [0.15, 0.2) is 36.7 Å². The first kappa shape index (κ1) is 24.2. The summed E-state index contributed by atoms with van der Waals surface area (Å²) in [6.07, 6.45) is 5.46. The maximum atomic E-state index is 14.9. The Morgan fingerprint density at radius 3 is 2.56 bits per heavy atom. The molecule has 4 heterocycles. The van der Waals surface area contributed by atoms with Gasteiger partial charge in [-0.05, 0) is 70.6 Å². The first-order valence-electron chi connectivity index (χ1n) is 12.2. The molecule has 1 saturated heterocycles. The van der Waals surface area contributed by atoms with Gasteiger partial charge in [0.2, 0.25) is 0 Å². The Labute approximate surface area is 209 Å². The number of hydrogen-bond donors (Lipinski definition) is 0. The zero-order valence-corrected chi connectivity index (χ0v) is 20.7. The van der Waals surface area contributed by atoms with E-state index in [0.29, 0.717) is 18.2 Å². The number of amides is 1. The van der Waals surface area contributed by atoms with Gasteiger partial charge in [0, 0.05) is 35.8 Å². The predicted octanol–water partition coefficient (Wildman–Crippen LogP) is 4.35. The van der Waals surface area contributed by atoms with E-state index >= 15 is 0 Å². The second kappa shape index (κ2) is 9.89. The first-order chi connectivity index (χ1) is 17.3. The van der Waals surface area contributed by atoms with Crippen molar-refractivity contribution in [1.82, 2.24) is 19.9 Å². The maximum absolute atomic E-state index is 14.9. The van der Waals surface area contributed by atoms with E-state index < -0.39 is 11.6 Å². The van der Waals surface area contributed by atoms with Crippen molar-refractivity contribution in [2.45, 2.75) is 45.1 Å². The number of fused-ring (bicyclic) bond motifs is 1. The Balaban J connectivity index is 1.41. The summed E-state index contributed by atoms with van der Waals surface area (Å²) in [5.74, 6) is -0.788. The summed E-state index contributed by atoms with van der Waals surface area (Å²) in [4.78, 5) is 29.4. The summed E-state index contributed by atoms with van der Waals surface area (Å²) in [5.41, 5.74) is 2.45. The minimum absolute atomic E-state index is 0.0162. The Morgan fingerprint density at radius 1 is 1.08 bits per heavy atom. The fraction of sp³-hybridized carbons (Fsp3) is 0.407. The van der Waals surface area contributed by atoms with Crippen LogP contribution in [0.2, 0.25) is 0 Å². The van der Waals surface area contributed by atoms with Crippen LogP contribution in [-0.2, 0) is 11.2 Å². The molecule has 7 nitrogen and oxygen atoms in total. The molecule has 9 heteroatoms. The third-order valence-electron chi connectivity index (χ3n) is 6.82. The minimum Gasteiger partial charge on any atom is -0.478 e. The van der Waals surface area contributed by atoms with Gasteiger partial charge in [0.1, 0.15) is 11.5 Å². The van der Waals surface area contributed by atoms with Gasteiger partial charge in [-0.25, -0.2) is 18.7 Å². The number of pyridine rings is 1. The van der Waals surface area contributed by atoms with Crippen molar-refractivity contribution >= 4 is 11.6 Å². The predicted molar refractivity (Wildman–Crippen MR) is 132 cm³/mol. The van der Waals surface area contributed by atoms with Gasteiger partial charge in [0.05, 0.1) is 11.9 Å². The van der Waals surface area contributed by atoms with Gasteiger partial charge in [0.15, 0.2) is 24.0 Å². The highest BCUT2D eigenvalue weighted by Crippen LogP contribution is 2.39. The van der Waals surface area contributed by atoms with E-state index in [1.807, 2.05) is 32.2 Å². The van der Waals surface area contributed by atoms with E-state index in [1.54, 1.807) is 6.07 Å². The molecule has 1 amide bonds. The third-order valence-corrected chi connectivity index (χ3v) is 6.82. The largest absolute Gasteiger partial charge is 0.478 e. The molecule has 1 aromatic carbocycles. The summed E-state index contributed by atoms with van der Waals surface area (Å²) in [6, 6.07) is 6.56. The minimum atomic E-state index is -0.673. The van der Waals surface area contributed by atoms with E-state index in [-0.39, 0.29) is 41.3 Å². The molecule has 0 aliphatic carbocycles. The van der Waals surface area contributed by atoms with Crippen LogP contribution in [0.1, 0.15) is 49.7 Å². The molecule has 2 aliphatic heterocycles. The number of ether oxygens (including phenoxy) is 1. The number of aromatic nitrogens is 3. The monoisotopic (exact) mass is 493 g/mol. The first-order valence-corrected chi connectivity index (χ1v) is 12.2. The fourth-order valence-corrected chi connectivity index (χ4v) is 4.90. The highest BCUT2D eigenvalue weighted by atomic mass is 19.1. The molecule has 0 saturated carbocycles. The van der Waals surface area contributed by atoms with Gasteiger partial charge in [-0.15, -0.1) is 0 Å². The van der Waals surface area contributed by atoms with Crippen LogP contribution < -0.4 is 9.64 Å². The van der Waals surface area contributed by atoms with Gasteiger partial charge in [-0.1, -0.05) is 6.07 Å². The zero-order chi connectivity index (χ0) is 25.4. The average molecular weight is 494 g/mol. The molecule has 188 valence electrons. The van der Waals surface area contributed by atoms with Gasteiger partial charge in [0.25, 0.3) is 5.91 Å². The number of piperidine rings is 1. The van der Waals surface area contributed by atoms with E-state index in [0.717, 1.165) is 43.4 Å². The smallest absolute Gasteiger partial charge is 0.265 e. The quantitative estimate of drug-likeness (QED) is 0.526. The Kier molecular flexibility index (Phi) is 6.66. The Morgan fingerprint density at radius 2 is 1.86 bits per heavy atom. The average Bonchev–Trinajstić information content (AvgIpc) is 2.85. The van der Waals surface area contributed by atoms with Crippen molar-refractivity contribution < 1.29 is 18.3 Å².